The van der Waals surface area contributed by atoms with Crippen LogP contribution in [-0.2, 0) is 4.79 Å². The van der Waals surface area contributed by atoms with Crippen molar-refractivity contribution in [2.24, 2.45) is 5.73 Å². The molecule has 0 saturated carbocycles. The summed E-state index contributed by atoms with van der Waals surface area (Å²) in [4.78, 5) is 10.8. The van der Waals surface area contributed by atoms with E-state index in [1.54, 1.807) is 18.2 Å². The molecule has 2 aromatic rings. The van der Waals surface area contributed by atoms with Gasteiger partial charge >= 0.3 is 0 Å². The number of carbonyl (C=O) groups excluding carboxylic acids is 1. The van der Waals surface area contributed by atoms with Crippen LogP contribution in [0.1, 0.15) is 5.69 Å². The number of fused-ring (bicyclic) bond motifs is 1. The lowest BCUT2D eigenvalue weighted by Crippen LogP contribution is -2.08. The number of rotatable bonds is 2. The van der Waals surface area contributed by atoms with Gasteiger partial charge in [0, 0.05) is 16.5 Å². The van der Waals surface area contributed by atoms with E-state index in [-0.39, 0.29) is 10.7 Å². The second-order valence-electron chi connectivity index (χ2n) is 3.44. The molecule has 90 valence electrons. The zero-order chi connectivity index (χ0) is 13.3. The highest BCUT2D eigenvalue weighted by Gasteiger charge is 2.12. The summed E-state index contributed by atoms with van der Waals surface area (Å²) in [7, 11) is 0. The van der Waals surface area contributed by atoms with Crippen LogP contribution in [0, 0.1) is 11.3 Å². The number of carbonyl (C=O) groups is 1. The lowest BCUT2D eigenvalue weighted by Gasteiger charge is -2.01. The molecular formula is C11H7ClN4OS. The van der Waals surface area contributed by atoms with Gasteiger partial charge in [-0.15, -0.1) is 12.6 Å². The standard InChI is InChI=1S/C11H7ClN4OS/c12-6-1-2-9-7(3-6)8(5-13)15-16(9)11(18)4-10(14)17/h1-4,18H,(H2,14,17)/b11-4-. The van der Waals surface area contributed by atoms with Crippen LogP contribution in [0.4, 0.5) is 0 Å². The molecule has 1 amide bonds. The topological polar surface area (TPSA) is 84.7 Å². The van der Waals surface area contributed by atoms with Gasteiger partial charge in [0.1, 0.15) is 11.1 Å². The molecule has 5 nitrogen and oxygen atoms in total. The average molecular weight is 279 g/mol. The molecule has 1 aromatic heterocycles. The molecule has 0 bridgehead atoms. The van der Waals surface area contributed by atoms with E-state index >= 15 is 0 Å². The largest absolute Gasteiger partial charge is 0.366 e. The quantitative estimate of drug-likeness (QED) is 0.648. The number of nitrogens with two attached hydrogens (primary N) is 1. The first kappa shape index (κ1) is 12.5. The Bertz CT molecular complexity index is 714. The molecule has 0 unspecified atom stereocenters. The second kappa shape index (κ2) is 4.72. The van der Waals surface area contributed by atoms with Crippen LogP contribution in [0.25, 0.3) is 15.9 Å². The Kier molecular flexibility index (Phi) is 3.28. The van der Waals surface area contributed by atoms with Crippen molar-refractivity contribution in [3.63, 3.8) is 0 Å². The number of nitriles is 1. The van der Waals surface area contributed by atoms with Gasteiger partial charge < -0.3 is 5.73 Å². The van der Waals surface area contributed by atoms with Gasteiger partial charge in [-0.3, -0.25) is 4.79 Å². The van der Waals surface area contributed by atoms with E-state index in [0.29, 0.717) is 15.9 Å². The van der Waals surface area contributed by atoms with Gasteiger partial charge in [-0.1, -0.05) is 11.6 Å². The van der Waals surface area contributed by atoms with E-state index in [9.17, 15) is 4.79 Å². The first-order chi connectivity index (χ1) is 8.52. The summed E-state index contributed by atoms with van der Waals surface area (Å²) in [6.07, 6.45) is 1.12. The van der Waals surface area contributed by atoms with E-state index in [4.69, 9.17) is 22.6 Å². The van der Waals surface area contributed by atoms with Crippen molar-refractivity contribution in [1.29, 1.82) is 5.26 Å². The maximum Gasteiger partial charge on any atom is 0.244 e. The number of amides is 1. The summed E-state index contributed by atoms with van der Waals surface area (Å²) in [5, 5.41) is 14.4. The third-order valence-electron chi connectivity index (χ3n) is 2.24. The van der Waals surface area contributed by atoms with Crippen molar-refractivity contribution in [2.75, 3.05) is 0 Å². The molecule has 0 atom stereocenters. The molecule has 2 rings (SSSR count). The van der Waals surface area contributed by atoms with Crippen LogP contribution < -0.4 is 5.73 Å². The first-order valence-electron chi connectivity index (χ1n) is 4.82. The molecule has 2 N–H and O–H groups in total. The molecule has 0 aliphatic carbocycles. The number of aromatic nitrogens is 2. The van der Waals surface area contributed by atoms with Crippen LogP contribution in [-0.4, -0.2) is 15.7 Å². The van der Waals surface area contributed by atoms with Crippen LogP contribution in [0.15, 0.2) is 24.3 Å². The van der Waals surface area contributed by atoms with Crippen molar-refractivity contribution in [3.8, 4) is 6.07 Å². The van der Waals surface area contributed by atoms with Gasteiger partial charge in [-0.05, 0) is 18.2 Å². The van der Waals surface area contributed by atoms with Crippen molar-refractivity contribution in [2.45, 2.75) is 0 Å². The zero-order valence-corrected chi connectivity index (χ0v) is 10.6. The summed E-state index contributed by atoms with van der Waals surface area (Å²) < 4.78 is 1.36. The molecule has 0 aliphatic heterocycles. The maximum absolute atomic E-state index is 10.8. The molecule has 0 aliphatic rings. The van der Waals surface area contributed by atoms with Crippen molar-refractivity contribution >= 4 is 46.1 Å². The number of hydrogen-bond acceptors (Lipinski definition) is 4. The second-order valence-corrected chi connectivity index (χ2v) is 4.33. The highest BCUT2D eigenvalue weighted by atomic mass is 35.5. The minimum Gasteiger partial charge on any atom is -0.366 e. The van der Waals surface area contributed by atoms with Gasteiger partial charge in [-0.25, -0.2) is 4.68 Å². The van der Waals surface area contributed by atoms with Gasteiger partial charge in [-0.2, -0.15) is 10.4 Å². The van der Waals surface area contributed by atoms with Crippen LogP contribution in [0.3, 0.4) is 0 Å². The molecule has 0 fully saturated rings. The Morgan fingerprint density at radius 3 is 2.94 bits per heavy atom. The molecule has 0 saturated heterocycles. The van der Waals surface area contributed by atoms with Crippen molar-refractivity contribution in [1.82, 2.24) is 9.78 Å². The van der Waals surface area contributed by atoms with Gasteiger partial charge in [0.2, 0.25) is 5.91 Å². The first-order valence-corrected chi connectivity index (χ1v) is 5.64. The Labute approximate surface area is 113 Å². The zero-order valence-electron chi connectivity index (χ0n) is 8.96. The van der Waals surface area contributed by atoms with E-state index < -0.39 is 5.91 Å². The summed E-state index contributed by atoms with van der Waals surface area (Å²) in [5.74, 6) is -0.642. The van der Waals surface area contributed by atoms with Gasteiger partial charge in [0.25, 0.3) is 0 Å². The fourth-order valence-electron chi connectivity index (χ4n) is 1.54. The third-order valence-corrected chi connectivity index (χ3v) is 2.79. The molecule has 7 heteroatoms. The normalized spacial score (nSPS) is 11.5. The smallest absolute Gasteiger partial charge is 0.244 e. The number of halogens is 1. The molecule has 1 aromatic carbocycles. The Balaban J connectivity index is 2.74. The van der Waals surface area contributed by atoms with Crippen LogP contribution in [0.2, 0.25) is 5.02 Å². The predicted molar refractivity (Wildman–Crippen MR) is 71.9 cm³/mol. The fraction of sp³-hybridized carbons (Fsp3) is 0. The SMILES string of the molecule is N#Cc1nn(/C(S)=C/C(N)=O)c2ccc(Cl)cc12. The van der Waals surface area contributed by atoms with E-state index in [0.717, 1.165) is 6.08 Å². The molecule has 1 heterocycles. The number of thiol groups is 1. The highest BCUT2D eigenvalue weighted by molar-refractivity contribution is 7.90. The summed E-state index contributed by atoms with van der Waals surface area (Å²) >= 11 is 10.00. The molecular weight excluding hydrogens is 272 g/mol. The minimum absolute atomic E-state index is 0.205. The van der Waals surface area contributed by atoms with Gasteiger partial charge in [0.15, 0.2) is 5.69 Å². The number of benzene rings is 1. The molecule has 0 spiro atoms. The lowest BCUT2D eigenvalue weighted by atomic mass is 10.2. The van der Waals surface area contributed by atoms with E-state index in [1.165, 1.54) is 4.68 Å². The molecule has 0 radical (unpaired) electrons. The third kappa shape index (κ3) is 2.18. The predicted octanol–water partition coefficient (Wildman–Crippen LogP) is 1.77. The monoisotopic (exact) mass is 278 g/mol. The Hall–Kier alpha value is -1.97. The van der Waals surface area contributed by atoms with E-state index in [2.05, 4.69) is 17.7 Å². The lowest BCUT2D eigenvalue weighted by molar-refractivity contribution is -0.113. The number of primary amides is 1. The minimum atomic E-state index is -0.642. The summed E-state index contributed by atoms with van der Waals surface area (Å²) in [6, 6.07) is 6.94. The maximum atomic E-state index is 10.8. The van der Waals surface area contributed by atoms with Crippen LogP contribution >= 0.6 is 24.2 Å². The van der Waals surface area contributed by atoms with Gasteiger partial charge in [0.05, 0.1) is 5.52 Å². The van der Waals surface area contributed by atoms with Crippen molar-refractivity contribution in [3.05, 3.63) is 35.0 Å². The number of hydrogen-bond donors (Lipinski definition) is 2. The summed E-state index contributed by atoms with van der Waals surface area (Å²) in [6.45, 7) is 0. The Morgan fingerprint density at radius 1 is 1.61 bits per heavy atom. The molecule has 18 heavy (non-hydrogen) atoms. The van der Waals surface area contributed by atoms with E-state index in [1.807, 2.05) is 6.07 Å². The summed E-state index contributed by atoms with van der Waals surface area (Å²) in [5.41, 5.74) is 5.88. The number of nitrogens with zero attached hydrogens (tertiary/aromatic N) is 3. The van der Waals surface area contributed by atoms with Crippen LogP contribution in [0.5, 0.6) is 0 Å². The fourth-order valence-corrected chi connectivity index (χ4v) is 1.99. The highest BCUT2D eigenvalue weighted by Crippen LogP contribution is 2.25. The Morgan fingerprint density at radius 2 is 2.33 bits per heavy atom. The van der Waals surface area contributed by atoms with Crippen molar-refractivity contribution < 1.29 is 4.79 Å². The average Bonchev–Trinajstić information content (AvgIpc) is 2.66.